The molecule has 1 amide bonds. The van der Waals surface area contributed by atoms with Crippen LogP contribution in [0.25, 0.3) is 0 Å². The summed E-state index contributed by atoms with van der Waals surface area (Å²) in [5.41, 5.74) is -3.78. The molecule has 160 valence electrons. The maximum absolute atomic E-state index is 12.5. The molecule has 0 bridgehead atoms. The number of carbonyl (C=O) groups excluding carboxylic acids is 1. The fraction of sp³-hybridized carbons (Fsp3) is 0.250. The minimum Gasteiger partial charge on any atom is -0.339 e. The Balaban J connectivity index is 1.42. The Morgan fingerprint density at radius 3 is 2.58 bits per heavy atom. The first-order valence-corrected chi connectivity index (χ1v) is 10.0. The maximum Gasteiger partial charge on any atom is 0.446 e. The number of thioether (sulfide) groups is 1. The van der Waals surface area contributed by atoms with Gasteiger partial charge in [0.25, 0.3) is 5.91 Å². The van der Waals surface area contributed by atoms with Crippen molar-refractivity contribution in [2.24, 2.45) is 0 Å². The molecule has 3 aromatic rings. The summed E-state index contributed by atoms with van der Waals surface area (Å²) in [4.78, 5) is 24.6. The average molecular weight is 447 g/mol. The lowest BCUT2D eigenvalue weighted by atomic mass is 9.95. The van der Waals surface area contributed by atoms with E-state index in [9.17, 15) is 18.0 Å². The highest BCUT2D eigenvalue weighted by atomic mass is 32.2. The van der Waals surface area contributed by atoms with Crippen molar-refractivity contribution in [2.45, 2.75) is 35.1 Å². The van der Waals surface area contributed by atoms with Gasteiger partial charge < -0.3 is 9.84 Å². The Kier molecular flexibility index (Phi) is 5.52. The van der Waals surface area contributed by atoms with Crippen molar-refractivity contribution in [3.63, 3.8) is 0 Å². The van der Waals surface area contributed by atoms with Crippen LogP contribution in [0.1, 0.15) is 30.1 Å². The van der Waals surface area contributed by atoms with Crippen LogP contribution in [0.15, 0.2) is 64.4 Å². The fourth-order valence-electron chi connectivity index (χ4n) is 3.09. The molecule has 31 heavy (non-hydrogen) atoms. The molecule has 2 heterocycles. The van der Waals surface area contributed by atoms with Gasteiger partial charge in [-0.2, -0.15) is 18.2 Å². The van der Waals surface area contributed by atoms with Crippen molar-refractivity contribution < 1.29 is 22.5 Å². The zero-order valence-electron chi connectivity index (χ0n) is 16.0. The SMILES string of the molecule is C=C(Cc1nc(C2(c3ccc(SC(F)(F)F)cc3)CC2)no1)C(=O)Nc1cnccn1. The standard InChI is InChI=1S/C20H16F3N5O2S/c1-12(17(29)26-15-11-24-8-9-25-15)10-16-27-18(28-30-16)19(6-7-19)13-2-4-14(5-3-13)31-20(21,22)23/h2-5,8-9,11H,1,6-7,10H2,(H,25,26,29). The van der Waals surface area contributed by atoms with Crippen molar-refractivity contribution in [3.05, 3.63) is 72.3 Å². The number of amides is 1. The second-order valence-corrected chi connectivity index (χ2v) is 8.13. The number of hydrogen-bond donors (Lipinski definition) is 1. The highest BCUT2D eigenvalue weighted by Gasteiger charge is 2.50. The van der Waals surface area contributed by atoms with Gasteiger partial charge in [0.15, 0.2) is 11.6 Å². The maximum atomic E-state index is 12.5. The molecule has 2 aromatic heterocycles. The van der Waals surface area contributed by atoms with Gasteiger partial charge in [0, 0.05) is 22.9 Å². The van der Waals surface area contributed by atoms with Gasteiger partial charge >= 0.3 is 5.51 Å². The minimum absolute atomic E-state index is 0.0519. The number of carbonyl (C=O) groups is 1. The van der Waals surface area contributed by atoms with Crippen LogP contribution < -0.4 is 5.32 Å². The van der Waals surface area contributed by atoms with Gasteiger partial charge in [0.2, 0.25) is 5.89 Å². The Morgan fingerprint density at radius 2 is 1.97 bits per heavy atom. The van der Waals surface area contributed by atoms with E-state index in [-0.39, 0.29) is 34.5 Å². The van der Waals surface area contributed by atoms with E-state index in [4.69, 9.17) is 4.52 Å². The number of nitrogens with zero attached hydrogens (tertiary/aromatic N) is 4. The number of benzene rings is 1. The van der Waals surface area contributed by atoms with Crippen molar-refractivity contribution in [1.82, 2.24) is 20.1 Å². The van der Waals surface area contributed by atoms with Crippen LogP contribution in [0, 0.1) is 0 Å². The molecule has 1 aromatic carbocycles. The van der Waals surface area contributed by atoms with Crippen LogP contribution in [0.2, 0.25) is 0 Å². The van der Waals surface area contributed by atoms with Crippen LogP contribution >= 0.6 is 11.8 Å². The summed E-state index contributed by atoms with van der Waals surface area (Å²) in [6.45, 7) is 3.75. The summed E-state index contributed by atoms with van der Waals surface area (Å²) in [7, 11) is 0. The third kappa shape index (κ3) is 4.93. The molecule has 1 fully saturated rings. The van der Waals surface area contributed by atoms with Gasteiger partial charge in [-0.3, -0.25) is 9.78 Å². The van der Waals surface area contributed by atoms with E-state index in [0.29, 0.717) is 11.6 Å². The molecule has 0 saturated heterocycles. The number of anilines is 1. The first kappa shape index (κ1) is 21.0. The third-order valence-corrected chi connectivity index (χ3v) is 5.52. The summed E-state index contributed by atoms with van der Waals surface area (Å²) in [5, 5.41) is 6.61. The summed E-state index contributed by atoms with van der Waals surface area (Å²) in [5.74, 6) is 0.522. The van der Waals surface area contributed by atoms with Crippen LogP contribution in [0.4, 0.5) is 19.0 Å². The molecule has 0 atom stereocenters. The van der Waals surface area contributed by atoms with Gasteiger partial charge in [-0.25, -0.2) is 4.98 Å². The highest BCUT2D eigenvalue weighted by molar-refractivity contribution is 8.00. The van der Waals surface area contributed by atoms with Gasteiger partial charge in [0.1, 0.15) is 0 Å². The van der Waals surface area contributed by atoms with Crippen LogP contribution in [-0.4, -0.2) is 31.5 Å². The second kappa shape index (κ2) is 8.14. The number of halogens is 3. The van der Waals surface area contributed by atoms with Gasteiger partial charge in [-0.15, -0.1) is 0 Å². The molecule has 0 radical (unpaired) electrons. The van der Waals surface area contributed by atoms with E-state index >= 15 is 0 Å². The smallest absolute Gasteiger partial charge is 0.339 e. The molecule has 4 rings (SSSR count). The number of nitrogens with one attached hydrogen (secondary N) is 1. The van der Waals surface area contributed by atoms with Crippen LogP contribution in [0.5, 0.6) is 0 Å². The molecule has 1 saturated carbocycles. The molecule has 0 unspecified atom stereocenters. The van der Waals surface area contributed by atoms with Crippen molar-refractivity contribution in [2.75, 3.05) is 5.32 Å². The Labute approximate surface area is 179 Å². The van der Waals surface area contributed by atoms with Gasteiger partial charge in [0.05, 0.1) is 18.0 Å². The van der Waals surface area contributed by atoms with Crippen LogP contribution in [-0.2, 0) is 16.6 Å². The molecule has 7 nitrogen and oxygen atoms in total. The van der Waals surface area contributed by atoms with Gasteiger partial charge in [-0.05, 0) is 42.3 Å². The lowest BCUT2D eigenvalue weighted by molar-refractivity contribution is -0.113. The van der Waals surface area contributed by atoms with E-state index in [1.807, 2.05) is 0 Å². The monoisotopic (exact) mass is 447 g/mol. The number of aromatic nitrogens is 4. The number of hydrogen-bond acceptors (Lipinski definition) is 7. The van der Waals surface area contributed by atoms with E-state index in [0.717, 1.165) is 18.4 Å². The number of rotatable bonds is 7. The summed E-state index contributed by atoms with van der Waals surface area (Å²) < 4.78 is 42.9. The Hall–Kier alpha value is -3.21. The second-order valence-electron chi connectivity index (χ2n) is 6.99. The summed E-state index contributed by atoms with van der Waals surface area (Å²) in [6, 6.07) is 6.19. The molecule has 1 aliphatic rings. The predicted molar refractivity (Wildman–Crippen MR) is 106 cm³/mol. The molecule has 0 aliphatic heterocycles. The minimum atomic E-state index is -4.33. The van der Waals surface area contributed by atoms with E-state index in [1.165, 1.54) is 30.7 Å². The van der Waals surface area contributed by atoms with Crippen molar-refractivity contribution in [3.8, 4) is 0 Å². The van der Waals surface area contributed by atoms with E-state index in [2.05, 4.69) is 32.0 Å². The molecule has 1 N–H and O–H groups in total. The third-order valence-electron chi connectivity index (χ3n) is 4.78. The fourth-order valence-corrected chi connectivity index (χ4v) is 3.63. The van der Waals surface area contributed by atoms with Crippen molar-refractivity contribution >= 4 is 23.5 Å². The molecule has 11 heteroatoms. The molecular formula is C20H16F3N5O2S. The Morgan fingerprint density at radius 1 is 1.23 bits per heavy atom. The lowest BCUT2D eigenvalue weighted by Gasteiger charge is -2.12. The number of alkyl halides is 3. The predicted octanol–water partition coefficient (Wildman–Crippen LogP) is 4.29. The average Bonchev–Trinajstić information content (AvgIpc) is 3.40. The zero-order chi connectivity index (χ0) is 22.1. The summed E-state index contributed by atoms with van der Waals surface area (Å²) in [6.07, 6.45) is 5.91. The van der Waals surface area contributed by atoms with Crippen molar-refractivity contribution in [1.29, 1.82) is 0 Å². The largest absolute Gasteiger partial charge is 0.446 e. The molecular weight excluding hydrogens is 431 g/mol. The summed E-state index contributed by atoms with van der Waals surface area (Å²) >= 11 is -0.155. The quantitative estimate of drug-likeness (QED) is 0.427. The topological polar surface area (TPSA) is 93.8 Å². The first-order chi connectivity index (χ1) is 14.7. The van der Waals surface area contributed by atoms with Crippen LogP contribution in [0.3, 0.4) is 0 Å². The normalized spacial score (nSPS) is 14.8. The highest BCUT2D eigenvalue weighted by Crippen LogP contribution is 2.52. The van der Waals surface area contributed by atoms with E-state index in [1.54, 1.807) is 12.1 Å². The zero-order valence-corrected chi connectivity index (χ0v) is 16.8. The Bertz CT molecular complexity index is 1100. The first-order valence-electron chi connectivity index (χ1n) is 9.20. The van der Waals surface area contributed by atoms with Gasteiger partial charge in [-0.1, -0.05) is 23.9 Å². The lowest BCUT2D eigenvalue weighted by Crippen LogP contribution is -2.16. The molecule has 1 aliphatic carbocycles. The molecule has 0 spiro atoms. The van der Waals surface area contributed by atoms with E-state index < -0.39 is 16.8 Å².